The number of carbonyl (C=O) groups is 2. The number of aliphatic hydroxyl groups is 1. The lowest BCUT2D eigenvalue weighted by Gasteiger charge is -2.23. The molecule has 1 N–H and O–H groups in total. The van der Waals surface area contributed by atoms with E-state index in [1.165, 1.54) is 0 Å². The lowest BCUT2D eigenvalue weighted by Crippen LogP contribution is -2.41. The number of amides is 1. The van der Waals surface area contributed by atoms with Crippen LogP contribution < -0.4 is 4.90 Å². The summed E-state index contributed by atoms with van der Waals surface area (Å²) >= 11 is 5.92. The topological polar surface area (TPSA) is 57.6 Å². The molecule has 0 radical (unpaired) electrons. The molecule has 0 spiro atoms. The maximum atomic E-state index is 13.5. The van der Waals surface area contributed by atoms with Crippen LogP contribution in [0, 0.1) is 0 Å². The van der Waals surface area contributed by atoms with Crippen molar-refractivity contribution < 1.29 is 14.7 Å². The van der Waals surface area contributed by atoms with Crippen LogP contribution in [0.15, 0.2) is 91.0 Å². The minimum atomic E-state index is -1.92. The van der Waals surface area contributed by atoms with Crippen LogP contribution in [0.2, 0.25) is 5.02 Å². The highest BCUT2D eigenvalue weighted by Crippen LogP contribution is 2.43. The molecular formula is C27H20ClNO3. The van der Waals surface area contributed by atoms with Gasteiger partial charge >= 0.3 is 0 Å². The zero-order chi connectivity index (χ0) is 22.3. The number of halogens is 1. The molecule has 1 heterocycles. The fourth-order valence-corrected chi connectivity index (χ4v) is 4.53. The van der Waals surface area contributed by atoms with Gasteiger partial charge in [-0.15, -0.1) is 0 Å². The lowest BCUT2D eigenvalue weighted by atomic mass is 9.88. The fourth-order valence-electron chi connectivity index (χ4n) is 4.41. The highest BCUT2D eigenvalue weighted by molar-refractivity contribution is 6.30. The molecule has 1 atom stereocenters. The second-order valence-corrected chi connectivity index (χ2v) is 8.45. The number of hydrogen-bond acceptors (Lipinski definition) is 3. The molecule has 1 unspecified atom stereocenters. The third-order valence-electron chi connectivity index (χ3n) is 6.03. The normalized spacial score (nSPS) is 17.6. The van der Waals surface area contributed by atoms with Crippen molar-refractivity contribution in [1.82, 2.24) is 0 Å². The number of Topliss-reactive ketones (excluding diaryl/α,β-unsaturated/α-hetero) is 1. The summed E-state index contributed by atoms with van der Waals surface area (Å²) in [6.45, 7) is 0.300. The molecule has 0 fully saturated rings. The van der Waals surface area contributed by atoms with Gasteiger partial charge in [0.15, 0.2) is 11.4 Å². The van der Waals surface area contributed by atoms with Gasteiger partial charge in [0.2, 0.25) is 0 Å². The molecule has 4 nitrogen and oxygen atoms in total. The van der Waals surface area contributed by atoms with E-state index in [4.69, 9.17) is 11.6 Å². The minimum Gasteiger partial charge on any atom is -0.375 e. The van der Waals surface area contributed by atoms with Crippen molar-refractivity contribution in [2.24, 2.45) is 0 Å². The Kier molecular flexibility index (Phi) is 5.04. The number of fused-ring (bicyclic) bond motifs is 2. The van der Waals surface area contributed by atoms with E-state index in [1.807, 2.05) is 54.6 Å². The Labute approximate surface area is 190 Å². The number of benzene rings is 4. The molecule has 0 saturated carbocycles. The summed E-state index contributed by atoms with van der Waals surface area (Å²) in [5.74, 6) is -0.812. The lowest BCUT2D eigenvalue weighted by molar-refractivity contribution is -0.136. The number of carbonyl (C=O) groups excluding carboxylic acids is 2. The molecule has 4 aromatic rings. The largest absolute Gasteiger partial charge is 0.375 e. The summed E-state index contributed by atoms with van der Waals surface area (Å²) in [5.41, 5.74) is 0.530. The van der Waals surface area contributed by atoms with Crippen LogP contribution >= 0.6 is 11.6 Å². The van der Waals surface area contributed by atoms with Crippen LogP contribution in [0.1, 0.15) is 27.9 Å². The Morgan fingerprint density at radius 3 is 2.38 bits per heavy atom. The van der Waals surface area contributed by atoms with Gasteiger partial charge in [-0.25, -0.2) is 0 Å². The molecule has 0 aromatic heterocycles. The number of rotatable bonds is 5. The van der Waals surface area contributed by atoms with Gasteiger partial charge in [0, 0.05) is 16.1 Å². The summed E-state index contributed by atoms with van der Waals surface area (Å²) in [4.78, 5) is 28.1. The Hall–Kier alpha value is -3.47. The van der Waals surface area contributed by atoms with Crippen LogP contribution in [0.25, 0.3) is 10.8 Å². The maximum absolute atomic E-state index is 13.5. The molecule has 5 rings (SSSR count). The van der Waals surface area contributed by atoms with E-state index < -0.39 is 11.5 Å². The first-order valence-corrected chi connectivity index (χ1v) is 10.7. The van der Waals surface area contributed by atoms with Gasteiger partial charge in [0.05, 0.1) is 18.7 Å². The Bertz CT molecular complexity index is 1340. The SMILES string of the molecule is O=C(CC1(O)C(=O)N(Cc2cccc3ccccc23)c2ccccc21)c1ccc(Cl)cc1. The van der Waals surface area contributed by atoms with Gasteiger partial charge in [-0.2, -0.15) is 0 Å². The van der Waals surface area contributed by atoms with E-state index in [1.54, 1.807) is 41.3 Å². The summed E-state index contributed by atoms with van der Waals surface area (Å²) < 4.78 is 0. The monoisotopic (exact) mass is 441 g/mol. The van der Waals surface area contributed by atoms with Crippen LogP contribution in [0.3, 0.4) is 0 Å². The zero-order valence-electron chi connectivity index (χ0n) is 17.2. The number of anilines is 1. The predicted molar refractivity (Wildman–Crippen MR) is 126 cm³/mol. The van der Waals surface area contributed by atoms with Gasteiger partial charge in [0.1, 0.15) is 0 Å². The molecule has 32 heavy (non-hydrogen) atoms. The van der Waals surface area contributed by atoms with Gasteiger partial charge in [0.25, 0.3) is 5.91 Å². The number of hydrogen-bond donors (Lipinski definition) is 1. The average Bonchev–Trinajstić information content (AvgIpc) is 3.01. The molecule has 4 aromatic carbocycles. The van der Waals surface area contributed by atoms with Crippen LogP contribution in [-0.4, -0.2) is 16.8 Å². The van der Waals surface area contributed by atoms with Crippen molar-refractivity contribution in [3.8, 4) is 0 Å². The van der Waals surface area contributed by atoms with E-state index in [-0.39, 0.29) is 12.2 Å². The maximum Gasteiger partial charge on any atom is 0.264 e. The fraction of sp³-hybridized carbons (Fsp3) is 0.111. The summed E-state index contributed by atoms with van der Waals surface area (Å²) in [6.07, 6.45) is -0.337. The van der Waals surface area contributed by atoms with Crippen molar-refractivity contribution >= 4 is 39.8 Å². The van der Waals surface area contributed by atoms with Crippen molar-refractivity contribution in [3.05, 3.63) is 113 Å². The highest BCUT2D eigenvalue weighted by atomic mass is 35.5. The van der Waals surface area contributed by atoms with Crippen molar-refractivity contribution in [2.45, 2.75) is 18.6 Å². The molecule has 158 valence electrons. The first-order valence-electron chi connectivity index (χ1n) is 10.4. The standard InChI is InChI=1S/C27H20ClNO3/c28-21-14-12-19(13-15-21)25(30)16-27(32)23-10-3-4-11-24(23)29(26(27)31)17-20-8-5-7-18-6-1-2-9-22(18)20/h1-15,32H,16-17H2. The van der Waals surface area contributed by atoms with Gasteiger partial charge < -0.3 is 10.0 Å². The number of para-hydroxylation sites is 1. The Balaban J connectivity index is 1.51. The Morgan fingerprint density at radius 1 is 0.875 bits per heavy atom. The summed E-state index contributed by atoms with van der Waals surface area (Å²) in [5, 5.41) is 14.2. The number of nitrogens with zero attached hydrogens (tertiary/aromatic N) is 1. The third-order valence-corrected chi connectivity index (χ3v) is 6.28. The molecule has 0 bridgehead atoms. The van der Waals surface area contributed by atoms with Crippen LogP contribution in [0.5, 0.6) is 0 Å². The first-order chi connectivity index (χ1) is 15.5. The summed E-state index contributed by atoms with van der Waals surface area (Å²) in [7, 11) is 0. The van der Waals surface area contributed by atoms with Gasteiger partial charge in [-0.1, -0.05) is 72.3 Å². The molecule has 0 aliphatic carbocycles. The van der Waals surface area contributed by atoms with E-state index in [9.17, 15) is 14.7 Å². The molecular weight excluding hydrogens is 422 g/mol. The smallest absolute Gasteiger partial charge is 0.264 e. The first kappa shape index (κ1) is 20.4. The van der Waals surface area contributed by atoms with E-state index in [0.29, 0.717) is 28.4 Å². The van der Waals surface area contributed by atoms with Crippen molar-refractivity contribution in [2.75, 3.05) is 4.90 Å². The molecule has 1 amide bonds. The van der Waals surface area contributed by atoms with Crippen molar-refractivity contribution in [3.63, 3.8) is 0 Å². The van der Waals surface area contributed by atoms with Crippen molar-refractivity contribution in [1.29, 1.82) is 0 Å². The minimum absolute atomic E-state index is 0.300. The highest BCUT2D eigenvalue weighted by Gasteiger charge is 2.50. The van der Waals surface area contributed by atoms with E-state index in [2.05, 4.69) is 0 Å². The molecule has 0 saturated heterocycles. The molecule has 1 aliphatic rings. The van der Waals surface area contributed by atoms with Crippen LogP contribution in [0.4, 0.5) is 5.69 Å². The van der Waals surface area contributed by atoms with E-state index in [0.717, 1.165) is 16.3 Å². The Morgan fingerprint density at radius 2 is 1.56 bits per heavy atom. The molecule has 5 heteroatoms. The second-order valence-electron chi connectivity index (χ2n) is 8.01. The second kappa shape index (κ2) is 7.90. The average molecular weight is 442 g/mol. The summed E-state index contributed by atoms with van der Waals surface area (Å²) in [6, 6.07) is 27.5. The predicted octanol–water partition coefficient (Wildman–Crippen LogP) is 5.50. The van der Waals surface area contributed by atoms with Gasteiger partial charge in [-0.3, -0.25) is 9.59 Å². The van der Waals surface area contributed by atoms with E-state index >= 15 is 0 Å². The van der Waals surface area contributed by atoms with Crippen LogP contribution in [-0.2, 0) is 16.9 Å². The number of ketones is 1. The quantitative estimate of drug-likeness (QED) is 0.416. The third kappa shape index (κ3) is 3.38. The zero-order valence-corrected chi connectivity index (χ0v) is 17.9. The van der Waals surface area contributed by atoms with Gasteiger partial charge in [-0.05, 0) is 46.7 Å². The molecule has 1 aliphatic heterocycles.